The Bertz CT molecular complexity index is 206. The number of likely N-dealkylation sites (N-methyl/N-ethyl adjacent to an activating group) is 1. The maximum atomic E-state index is 11.3. The molecule has 0 aliphatic carbocycles. The third kappa shape index (κ3) is 2.81. The molecule has 0 saturated carbocycles. The monoisotopic (exact) mass is 184 g/mol. The number of nitrogens with zero attached hydrogens (tertiary/aromatic N) is 2. The van der Waals surface area contributed by atoms with Gasteiger partial charge in [-0.2, -0.15) is 0 Å². The van der Waals surface area contributed by atoms with Gasteiger partial charge in [0.05, 0.1) is 6.54 Å². The van der Waals surface area contributed by atoms with E-state index in [4.69, 9.17) is 0 Å². The summed E-state index contributed by atoms with van der Waals surface area (Å²) in [6.45, 7) is 4.67. The summed E-state index contributed by atoms with van der Waals surface area (Å²) in [5.41, 5.74) is 0. The van der Waals surface area contributed by atoms with Crippen molar-refractivity contribution < 1.29 is 9.59 Å². The molecule has 1 saturated heterocycles. The molecule has 74 valence electrons. The molecule has 0 aromatic heterocycles. The molecule has 13 heavy (non-hydrogen) atoms. The molecule has 1 heterocycles. The summed E-state index contributed by atoms with van der Waals surface area (Å²) in [5.74, 6) is 0.167. The minimum Gasteiger partial charge on any atom is -0.343 e. The molecule has 1 aliphatic rings. The highest BCUT2D eigenvalue weighted by atomic mass is 16.2. The normalized spacial score (nSPS) is 21.7. The van der Waals surface area contributed by atoms with Crippen LogP contribution in [-0.2, 0) is 9.59 Å². The Morgan fingerprint density at radius 3 is 2.77 bits per heavy atom. The molecule has 1 amide bonds. The van der Waals surface area contributed by atoms with E-state index in [0.29, 0.717) is 13.1 Å². The van der Waals surface area contributed by atoms with Crippen molar-refractivity contribution in [2.24, 2.45) is 5.92 Å². The van der Waals surface area contributed by atoms with Crippen LogP contribution in [0.2, 0.25) is 0 Å². The highest BCUT2D eigenvalue weighted by Crippen LogP contribution is 2.03. The lowest BCUT2D eigenvalue weighted by Gasteiger charge is -2.32. The molecular formula is C9H16N2O2. The molecule has 1 aliphatic heterocycles. The number of hydrogen-bond acceptors (Lipinski definition) is 3. The fourth-order valence-corrected chi connectivity index (χ4v) is 1.41. The summed E-state index contributed by atoms with van der Waals surface area (Å²) in [4.78, 5) is 25.4. The first kappa shape index (κ1) is 10.2. The smallest absolute Gasteiger partial charge is 0.236 e. The number of rotatable bonds is 3. The lowest BCUT2D eigenvalue weighted by molar-refractivity contribution is -0.135. The molecule has 1 atom stereocenters. The molecule has 1 fully saturated rings. The van der Waals surface area contributed by atoms with Gasteiger partial charge in [0, 0.05) is 32.6 Å². The van der Waals surface area contributed by atoms with Crippen molar-refractivity contribution in [3.05, 3.63) is 0 Å². The number of carbonyl (C=O) groups excluding carboxylic acids is 2. The van der Waals surface area contributed by atoms with Gasteiger partial charge in [0.2, 0.25) is 5.91 Å². The van der Waals surface area contributed by atoms with Crippen LogP contribution in [0.5, 0.6) is 0 Å². The van der Waals surface area contributed by atoms with E-state index in [1.165, 1.54) is 0 Å². The molecule has 0 aromatic rings. The van der Waals surface area contributed by atoms with Crippen LogP contribution in [0.3, 0.4) is 0 Å². The van der Waals surface area contributed by atoms with Gasteiger partial charge in [-0.3, -0.25) is 9.69 Å². The quantitative estimate of drug-likeness (QED) is 0.560. The highest BCUT2D eigenvalue weighted by molar-refractivity contribution is 5.78. The molecule has 0 spiro atoms. The fraction of sp³-hybridized carbons (Fsp3) is 0.778. The van der Waals surface area contributed by atoms with Crippen molar-refractivity contribution in [3.8, 4) is 0 Å². The first-order chi connectivity index (χ1) is 6.13. The van der Waals surface area contributed by atoms with Gasteiger partial charge in [-0.25, -0.2) is 0 Å². The fourth-order valence-electron chi connectivity index (χ4n) is 1.41. The maximum absolute atomic E-state index is 11.3. The van der Waals surface area contributed by atoms with Crippen LogP contribution in [0.4, 0.5) is 0 Å². The number of piperazine rings is 1. The van der Waals surface area contributed by atoms with Gasteiger partial charge in [-0.05, 0) is 0 Å². The summed E-state index contributed by atoms with van der Waals surface area (Å²) in [7, 11) is 1.81. The summed E-state index contributed by atoms with van der Waals surface area (Å²) in [5, 5.41) is 0. The van der Waals surface area contributed by atoms with Gasteiger partial charge in [0.25, 0.3) is 0 Å². The van der Waals surface area contributed by atoms with Gasteiger partial charge in [-0.1, -0.05) is 6.92 Å². The molecule has 0 bridgehead atoms. The summed E-state index contributed by atoms with van der Waals surface area (Å²) < 4.78 is 0. The van der Waals surface area contributed by atoms with Gasteiger partial charge in [0.1, 0.15) is 6.29 Å². The topological polar surface area (TPSA) is 40.6 Å². The molecule has 4 nitrogen and oxygen atoms in total. The third-order valence-corrected chi connectivity index (χ3v) is 2.31. The molecule has 0 radical (unpaired) electrons. The predicted octanol–water partition coefficient (Wildman–Crippen LogP) is -0.405. The Balaban J connectivity index is 2.37. The lowest BCUT2D eigenvalue weighted by atomic mass is 10.2. The number of aldehydes is 1. The Kier molecular flexibility index (Phi) is 3.42. The van der Waals surface area contributed by atoms with E-state index in [-0.39, 0.29) is 11.8 Å². The van der Waals surface area contributed by atoms with Crippen molar-refractivity contribution in [1.29, 1.82) is 0 Å². The second kappa shape index (κ2) is 4.37. The average molecular weight is 184 g/mol. The van der Waals surface area contributed by atoms with Crippen molar-refractivity contribution in [3.63, 3.8) is 0 Å². The van der Waals surface area contributed by atoms with Crippen LogP contribution in [0.25, 0.3) is 0 Å². The van der Waals surface area contributed by atoms with Crippen molar-refractivity contribution in [2.75, 3.05) is 33.2 Å². The first-order valence-electron chi connectivity index (χ1n) is 4.55. The minimum atomic E-state index is 0.0243. The maximum Gasteiger partial charge on any atom is 0.236 e. The highest BCUT2D eigenvalue weighted by Gasteiger charge is 2.21. The second-order valence-corrected chi connectivity index (χ2v) is 3.66. The molecule has 4 heteroatoms. The third-order valence-electron chi connectivity index (χ3n) is 2.31. The molecular weight excluding hydrogens is 168 g/mol. The van der Waals surface area contributed by atoms with E-state index in [0.717, 1.165) is 19.4 Å². The predicted molar refractivity (Wildman–Crippen MR) is 49.3 cm³/mol. The van der Waals surface area contributed by atoms with E-state index >= 15 is 0 Å². The van der Waals surface area contributed by atoms with E-state index in [2.05, 4.69) is 0 Å². The zero-order valence-electron chi connectivity index (χ0n) is 8.19. The molecule has 1 rings (SSSR count). The first-order valence-corrected chi connectivity index (χ1v) is 4.55. The summed E-state index contributed by atoms with van der Waals surface area (Å²) >= 11 is 0. The minimum absolute atomic E-state index is 0.0243. The van der Waals surface area contributed by atoms with Crippen LogP contribution in [0, 0.1) is 5.92 Å². The van der Waals surface area contributed by atoms with Crippen LogP contribution in [-0.4, -0.2) is 55.2 Å². The van der Waals surface area contributed by atoms with E-state index in [1.807, 2.05) is 18.9 Å². The Hall–Kier alpha value is -0.900. The largest absolute Gasteiger partial charge is 0.343 e. The SMILES string of the molecule is CC(C=O)CN1CCN(C)C(=O)C1. The van der Waals surface area contributed by atoms with Crippen LogP contribution in [0.1, 0.15) is 6.92 Å². The van der Waals surface area contributed by atoms with Crippen LogP contribution in [0.15, 0.2) is 0 Å². The number of amides is 1. The molecule has 0 N–H and O–H groups in total. The van der Waals surface area contributed by atoms with Crippen molar-refractivity contribution in [2.45, 2.75) is 6.92 Å². The summed E-state index contributed by atoms with van der Waals surface area (Å²) in [6, 6.07) is 0. The van der Waals surface area contributed by atoms with Crippen LogP contribution < -0.4 is 0 Å². The zero-order valence-corrected chi connectivity index (χ0v) is 8.19. The standard InChI is InChI=1S/C9H16N2O2/c1-8(7-12)5-11-4-3-10(2)9(13)6-11/h7-8H,3-6H2,1-2H3. The number of hydrogen-bond donors (Lipinski definition) is 0. The van der Waals surface area contributed by atoms with Gasteiger partial charge in [-0.15, -0.1) is 0 Å². The molecule has 0 aromatic carbocycles. The Morgan fingerprint density at radius 2 is 2.23 bits per heavy atom. The van der Waals surface area contributed by atoms with E-state index in [1.54, 1.807) is 4.90 Å². The van der Waals surface area contributed by atoms with Gasteiger partial charge in [0.15, 0.2) is 0 Å². The van der Waals surface area contributed by atoms with E-state index in [9.17, 15) is 9.59 Å². The van der Waals surface area contributed by atoms with Crippen LogP contribution >= 0.6 is 0 Å². The average Bonchev–Trinajstić information content (AvgIpc) is 2.11. The molecule has 1 unspecified atom stereocenters. The zero-order chi connectivity index (χ0) is 9.84. The van der Waals surface area contributed by atoms with Gasteiger partial charge >= 0.3 is 0 Å². The number of carbonyl (C=O) groups is 2. The van der Waals surface area contributed by atoms with Gasteiger partial charge < -0.3 is 9.69 Å². The Labute approximate surface area is 78.5 Å². The second-order valence-electron chi connectivity index (χ2n) is 3.66. The van der Waals surface area contributed by atoms with Crippen molar-refractivity contribution >= 4 is 12.2 Å². The summed E-state index contributed by atoms with van der Waals surface area (Å²) in [6.07, 6.45) is 0.933. The van der Waals surface area contributed by atoms with Crippen molar-refractivity contribution in [1.82, 2.24) is 9.80 Å². The Morgan fingerprint density at radius 1 is 1.54 bits per heavy atom. The lowest BCUT2D eigenvalue weighted by Crippen LogP contribution is -2.49. The van der Waals surface area contributed by atoms with E-state index < -0.39 is 0 Å².